The van der Waals surface area contributed by atoms with E-state index in [1.807, 2.05) is 55.5 Å². The molecule has 0 radical (unpaired) electrons. The Morgan fingerprint density at radius 3 is 2.44 bits per heavy atom. The lowest BCUT2D eigenvalue weighted by Gasteiger charge is -2.40. The van der Waals surface area contributed by atoms with Gasteiger partial charge in [0.1, 0.15) is 11.8 Å². The zero-order chi connectivity index (χ0) is 22.7. The highest BCUT2D eigenvalue weighted by Gasteiger charge is 2.36. The van der Waals surface area contributed by atoms with Gasteiger partial charge in [-0.2, -0.15) is 0 Å². The van der Waals surface area contributed by atoms with Crippen molar-refractivity contribution in [3.05, 3.63) is 59.7 Å². The van der Waals surface area contributed by atoms with Gasteiger partial charge in [-0.1, -0.05) is 36.4 Å². The van der Waals surface area contributed by atoms with Gasteiger partial charge >= 0.3 is 0 Å². The minimum atomic E-state index is -2.91. The monoisotopic (exact) mass is 457 g/mol. The number of aryl methyl sites for hydroxylation is 1. The van der Waals surface area contributed by atoms with Crippen LogP contribution in [0.1, 0.15) is 23.6 Å². The number of amides is 1. The highest BCUT2D eigenvalue weighted by molar-refractivity contribution is 7.91. The molecule has 0 saturated carbocycles. The Labute approximate surface area is 190 Å². The van der Waals surface area contributed by atoms with Crippen LogP contribution in [0.3, 0.4) is 0 Å². The van der Waals surface area contributed by atoms with E-state index in [0.29, 0.717) is 30.9 Å². The Kier molecular flexibility index (Phi) is 6.83. The van der Waals surface area contributed by atoms with Gasteiger partial charge in [0.25, 0.3) is 0 Å². The average Bonchev–Trinajstić information content (AvgIpc) is 3.15. The summed E-state index contributed by atoms with van der Waals surface area (Å²) < 4.78 is 29.2. The summed E-state index contributed by atoms with van der Waals surface area (Å²) in [5.41, 5.74) is 2.64. The molecule has 1 N–H and O–H groups in total. The highest BCUT2D eigenvalue weighted by atomic mass is 32.2. The van der Waals surface area contributed by atoms with Crippen LogP contribution in [-0.4, -0.2) is 75.0 Å². The van der Waals surface area contributed by atoms with Crippen LogP contribution in [0.5, 0.6) is 5.75 Å². The van der Waals surface area contributed by atoms with E-state index >= 15 is 0 Å². The van der Waals surface area contributed by atoms with Gasteiger partial charge in [0.15, 0.2) is 9.84 Å². The SMILES string of the molecule is COc1ccc(C)cc1NC(=O)[C@@H](c1ccccc1)N1CCN([C@H]2CCS(=O)(=O)C2)CC1. The summed E-state index contributed by atoms with van der Waals surface area (Å²) in [4.78, 5) is 18.0. The summed E-state index contributed by atoms with van der Waals surface area (Å²) in [6.45, 7) is 4.89. The van der Waals surface area contributed by atoms with Crippen LogP contribution in [0, 0.1) is 6.92 Å². The molecule has 4 rings (SSSR count). The number of benzene rings is 2. The van der Waals surface area contributed by atoms with E-state index in [1.54, 1.807) is 7.11 Å². The summed E-state index contributed by atoms with van der Waals surface area (Å²) in [7, 11) is -1.31. The van der Waals surface area contributed by atoms with Gasteiger partial charge in [0, 0.05) is 32.2 Å². The van der Waals surface area contributed by atoms with Crippen LogP contribution < -0.4 is 10.1 Å². The molecular weight excluding hydrogens is 426 g/mol. The number of carbonyl (C=O) groups is 1. The molecule has 2 heterocycles. The first-order valence-corrected chi connectivity index (χ1v) is 12.9. The summed E-state index contributed by atoms with van der Waals surface area (Å²) >= 11 is 0. The van der Waals surface area contributed by atoms with E-state index < -0.39 is 15.9 Å². The molecule has 7 nitrogen and oxygen atoms in total. The van der Waals surface area contributed by atoms with Gasteiger partial charge in [-0.25, -0.2) is 8.42 Å². The zero-order valence-corrected chi connectivity index (χ0v) is 19.5. The first kappa shape index (κ1) is 22.8. The first-order valence-electron chi connectivity index (χ1n) is 11.1. The van der Waals surface area contributed by atoms with Gasteiger partial charge < -0.3 is 10.1 Å². The Morgan fingerprint density at radius 2 is 1.81 bits per heavy atom. The highest BCUT2D eigenvalue weighted by Crippen LogP contribution is 2.30. The van der Waals surface area contributed by atoms with Crippen molar-refractivity contribution in [2.24, 2.45) is 0 Å². The number of piperazine rings is 1. The molecule has 2 aliphatic heterocycles. The quantitative estimate of drug-likeness (QED) is 0.718. The Hall–Kier alpha value is -2.42. The number of rotatable bonds is 6. The van der Waals surface area contributed by atoms with E-state index in [0.717, 1.165) is 24.2 Å². The number of carbonyl (C=O) groups excluding carboxylic acids is 1. The lowest BCUT2D eigenvalue weighted by molar-refractivity contribution is -0.122. The second-order valence-electron chi connectivity index (χ2n) is 8.64. The van der Waals surface area contributed by atoms with Crippen molar-refractivity contribution in [3.8, 4) is 5.75 Å². The molecule has 8 heteroatoms. The molecular formula is C24H31N3O4S. The molecule has 0 spiro atoms. The predicted octanol–water partition coefficient (Wildman–Crippen LogP) is 2.49. The maximum atomic E-state index is 13.5. The van der Waals surface area contributed by atoms with Crippen molar-refractivity contribution in [3.63, 3.8) is 0 Å². The number of sulfone groups is 1. The summed E-state index contributed by atoms with van der Waals surface area (Å²) in [6, 6.07) is 15.2. The van der Waals surface area contributed by atoms with Gasteiger partial charge in [0.05, 0.1) is 24.3 Å². The number of hydrogen-bond acceptors (Lipinski definition) is 6. The summed E-state index contributed by atoms with van der Waals surface area (Å²) in [6.07, 6.45) is 0.706. The minimum absolute atomic E-state index is 0.0997. The fourth-order valence-corrected chi connectivity index (χ4v) is 6.47. The molecule has 172 valence electrons. The fraction of sp³-hybridized carbons (Fsp3) is 0.458. The van der Waals surface area contributed by atoms with E-state index in [4.69, 9.17) is 4.74 Å². The number of anilines is 1. The molecule has 2 fully saturated rings. The molecule has 0 aliphatic carbocycles. The molecule has 1 amide bonds. The number of nitrogens with one attached hydrogen (secondary N) is 1. The molecule has 2 aromatic rings. The van der Waals surface area contributed by atoms with Gasteiger partial charge in [0.2, 0.25) is 5.91 Å². The van der Waals surface area contributed by atoms with Crippen molar-refractivity contribution < 1.29 is 17.9 Å². The van der Waals surface area contributed by atoms with Crippen molar-refractivity contribution in [2.75, 3.05) is 50.1 Å². The van der Waals surface area contributed by atoms with E-state index in [9.17, 15) is 13.2 Å². The normalized spacial score (nSPS) is 22.4. The zero-order valence-electron chi connectivity index (χ0n) is 18.7. The predicted molar refractivity (Wildman–Crippen MR) is 126 cm³/mol. The number of ether oxygens (including phenoxy) is 1. The Balaban J connectivity index is 1.51. The van der Waals surface area contributed by atoms with Crippen LogP contribution in [-0.2, 0) is 14.6 Å². The lowest BCUT2D eigenvalue weighted by atomic mass is 10.0. The second kappa shape index (κ2) is 9.60. The Morgan fingerprint density at radius 1 is 1.09 bits per heavy atom. The van der Waals surface area contributed by atoms with Crippen LogP contribution >= 0.6 is 0 Å². The minimum Gasteiger partial charge on any atom is -0.495 e. The molecule has 0 bridgehead atoms. The number of methoxy groups -OCH3 is 1. The van der Waals surface area contributed by atoms with Crippen LogP contribution in [0.15, 0.2) is 48.5 Å². The van der Waals surface area contributed by atoms with Crippen LogP contribution in [0.25, 0.3) is 0 Å². The first-order chi connectivity index (χ1) is 15.4. The standard InChI is InChI=1S/C24H31N3O4S/c1-18-8-9-22(31-2)21(16-18)25-24(28)23(19-6-4-3-5-7-19)27-13-11-26(12-14-27)20-10-15-32(29,30)17-20/h3-9,16,20,23H,10-15,17H2,1-2H3,(H,25,28)/t20-,23+/m0/s1. The van der Waals surface area contributed by atoms with Gasteiger partial charge in [-0.3, -0.25) is 14.6 Å². The Bertz CT molecular complexity index is 1050. The summed E-state index contributed by atoms with van der Waals surface area (Å²) in [5.74, 6) is 1.06. The number of hydrogen-bond donors (Lipinski definition) is 1. The van der Waals surface area contributed by atoms with E-state index in [-0.39, 0.29) is 23.5 Å². The third kappa shape index (κ3) is 5.14. The van der Waals surface area contributed by atoms with Gasteiger partial charge in [-0.05, 0) is 36.6 Å². The van der Waals surface area contributed by atoms with Crippen LogP contribution in [0.4, 0.5) is 5.69 Å². The fourth-order valence-electron chi connectivity index (χ4n) is 4.71. The van der Waals surface area contributed by atoms with Crippen LogP contribution in [0.2, 0.25) is 0 Å². The van der Waals surface area contributed by atoms with Crippen molar-refractivity contribution in [1.82, 2.24) is 9.80 Å². The average molecular weight is 458 g/mol. The molecule has 2 saturated heterocycles. The molecule has 2 aromatic carbocycles. The maximum absolute atomic E-state index is 13.5. The maximum Gasteiger partial charge on any atom is 0.246 e. The van der Waals surface area contributed by atoms with E-state index in [2.05, 4.69) is 15.1 Å². The topological polar surface area (TPSA) is 79.0 Å². The molecule has 2 aliphatic rings. The number of nitrogens with zero attached hydrogens (tertiary/aromatic N) is 2. The van der Waals surface area contributed by atoms with E-state index in [1.165, 1.54) is 0 Å². The molecule has 0 unspecified atom stereocenters. The smallest absolute Gasteiger partial charge is 0.246 e. The van der Waals surface area contributed by atoms with Gasteiger partial charge in [-0.15, -0.1) is 0 Å². The van der Waals surface area contributed by atoms with Crippen molar-refractivity contribution >= 4 is 21.4 Å². The second-order valence-corrected chi connectivity index (χ2v) is 10.9. The third-order valence-corrected chi connectivity index (χ3v) is 8.17. The summed E-state index contributed by atoms with van der Waals surface area (Å²) in [5, 5.41) is 3.08. The largest absolute Gasteiger partial charge is 0.495 e. The third-order valence-electron chi connectivity index (χ3n) is 6.42. The molecule has 0 aromatic heterocycles. The lowest BCUT2D eigenvalue weighted by Crippen LogP contribution is -2.53. The van der Waals surface area contributed by atoms with Crippen molar-refractivity contribution in [1.29, 1.82) is 0 Å². The molecule has 32 heavy (non-hydrogen) atoms. The molecule has 2 atom stereocenters. The van der Waals surface area contributed by atoms with Crippen molar-refractivity contribution in [2.45, 2.75) is 25.4 Å².